The minimum Gasteiger partial charge on any atom is -0.394 e. The molecule has 2 N–H and O–H groups in total. The monoisotopic (exact) mass is 453 g/mol. The van der Waals surface area contributed by atoms with Crippen molar-refractivity contribution in [2.24, 2.45) is 11.8 Å². The average Bonchev–Trinajstić information content (AvgIpc) is 2.81. The molecule has 3 amide bonds. The number of benzene rings is 1. The van der Waals surface area contributed by atoms with Gasteiger partial charge in [0, 0.05) is 58.0 Å². The first-order chi connectivity index (χ1) is 15.3. The molecular weight excluding hydrogens is 417 g/mol. The number of anilines is 1. The maximum Gasteiger partial charge on any atom is 0.322 e. The van der Waals surface area contributed by atoms with Crippen LogP contribution in [0.15, 0.2) is 24.3 Å². The molecule has 8 nitrogen and oxygen atoms in total. The lowest BCUT2D eigenvalue weighted by Crippen LogP contribution is -2.49. The number of amides is 3. The molecule has 1 heterocycles. The lowest BCUT2D eigenvalue weighted by atomic mass is 9.97. The number of carbonyl (C=O) groups is 2. The van der Waals surface area contributed by atoms with E-state index < -0.39 is 12.1 Å². The number of methoxy groups -OCH3 is 1. The molecule has 0 bridgehead atoms. The number of nitrogens with zero attached hydrogens (tertiary/aromatic N) is 2. The van der Waals surface area contributed by atoms with Gasteiger partial charge in [0.25, 0.3) is 0 Å². The molecule has 1 aliphatic rings. The highest BCUT2D eigenvalue weighted by atomic mass is 19.1. The SMILES string of the molecule is CO[C@H](CN(C)C(=O)C1CCOCC1)[C@@H](C)CN(C(=O)Nc1ccc(F)cc1)[C@@H](C)CO. The van der Waals surface area contributed by atoms with Gasteiger partial charge in [-0.2, -0.15) is 0 Å². The number of halogens is 1. The van der Waals surface area contributed by atoms with Gasteiger partial charge in [0.15, 0.2) is 0 Å². The molecule has 1 saturated heterocycles. The van der Waals surface area contributed by atoms with E-state index in [9.17, 15) is 19.1 Å². The van der Waals surface area contributed by atoms with E-state index >= 15 is 0 Å². The van der Waals surface area contributed by atoms with Gasteiger partial charge in [-0.1, -0.05) is 6.92 Å². The highest BCUT2D eigenvalue weighted by Crippen LogP contribution is 2.19. The Morgan fingerprint density at radius 1 is 1.22 bits per heavy atom. The molecule has 1 aliphatic heterocycles. The van der Waals surface area contributed by atoms with Crippen molar-refractivity contribution in [2.45, 2.75) is 38.8 Å². The van der Waals surface area contributed by atoms with Crippen molar-refractivity contribution in [2.75, 3.05) is 52.4 Å². The number of aliphatic hydroxyl groups excluding tert-OH is 1. The van der Waals surface area contributed by atoms with Crippen LogP contribution in [0, 0.1) is 17.7 Å². The maximum absolute atomic E-state index is 13.1. The largest absolute Gasteiger partial charge is 0.394 e. The van der Waals surface area contributed by atoms with Crippen molar-refractivity contribution in [3.05, 3.63) is 30.1 Å². The quantitative estimate of drug-likeness (QED) is 0.568. The first-order valence-corrected chi connectivity index (χ1v) is 11.1. The van der Waals surface area contributed by atoms with Crippen molar-refractivity contribution in [3.63, 3.8) is 0 Å². The standard InChI is InChI=1S/C23H36FN3O5/c1-16(21(31-4)14-26(3)22(29)18-9-11-32-12-10-18)13-27(17(2)15-28)23(30)25-20-7-5-19(24)6-8-20/h5-8,16-18,21,28H,9-15H2,1-4H3,(H,25,30)/t16-,17-,21+/m0/s1. The number of aliphatic hydroxyl groups is 1. The van der Waals surface area contributed by atoms with Gasteiger partial charge in [0.05, 0.1) is 18.8 Å². The molecule has 3 atom stereocenters. The third-order valence-electron chi connectivity index (χ3n) is 5.98. The Balaban J connectivity index is 2.00. The zero-order valence-corrected chi connectivity index (χ0v) is 19.4. The number of likely N-dealkylation sites (N-methyl/N-ethyl adjacent to an activating group) is 1. The Labute approximate surface area is 189 Å². The van der Waals surface area contributed by atoms with Crippen LogP contribution in [0.25, 0.3) is 0 Å². The van der Waals surface area contributed by atoms with E-state index in [0.29, 0.717) is 32.0 Å². The minimum atomic E-state index is -0.433. The van der Waals surface area contributed by atoms with E-state index in [1.54, 1.807) is 26.0 Å². The predicted molar refractivity (Wildman–Crippen MR) is 120 cm³/mol. The third-order valence-corrected chi connectivity index (χ3v) is 5.98. The highest BCUT2D eigenvalue weighted by Gasteiger charge is 2.30. The molecule has 1 aromatic rings. The third kappa shape index (κ3) is 7.43. The molecule has 9 heteroatoms. The van der Waals surface area contributed by atoms with Crippen molar-refractivity contribution in [1.82, 2.24) is 9.80 Å². The smallest absolute Gasteiger partial charge is 0.322 e. The van der Waals surface area contributed by atoms with Gasteiger partial charge in [-0.25, -0.2) is 9.18 Å². The second-order valence-electron chi connectivity index (χ2n) is 8.48. The summed E-state index contributed by atoms with van der Waals surface area (Å²) in [6.07, 6.45) is 1.15. The summed E-state index contributed by atoms with van der Waals surface area (Å²) in [6, 6.07) is 4.67. The summed E-state index contributed by atoms with van der Waals surface area (Å²) in [7, 11) is 3.36. The van der Waals surface area contributed by atoms with E-state index in [0.717, 1.165) is 12.8 Å². The topological polar surface area (TPSA) is 91.3 Å². The van der Waals surface area contributed by atoms with Crippen molar-refractivity contribution in [1.29, 1.82) is 0 Å². The number of rotatable bonds is 10. The van der Waals surface area contributed by atoms with E-state index in [2.05, 4.69) is 5.32 Å². The van der Waals surface area contributed by atoms with Crippen LogP contribution >= 0.6 is 0 Å². The van der Waals surface area contributed by atoms with Crippen LogP contribution in [-0.4, -0.2) is 86.1 Å². The van der Waals surface area contributed by atoms with Crippen LogP contribution in [0.2, 0.25) is 0 Å². The number of urea groups is 1. The summed E-state index contributed by atoms with van der Waals surface area (Å²) >= 11 is 0. The zero-order valence-electron chi connectivity index (χ0n) is 19.4. The van der Waals surface area contributed by atoms with Crippen molar-refractivity contribution in [3.8, 4) is 0 Å². The summed E-state index contributed by atoms with van der Waals surface area (Å²) in [5.41, 5.74) is 0.462. The van der Waals surface area contributed by atoms with Gasteiger partial charge >= 0.3 is 6.03 Å². The normalized spacial score (nSPS) is 17.3. The highest BCUT2D eigenvalue weighted by molar-refractivity contribution is 5.89. The van der Waals surface area contributed by atoms with Crippen LogP contribution < -0.4 is 5.32 Å². The fourth-order valence-electron chi connectivity index (χ4n) is 3.82. The molecular formula is C23H36FN3O5. The molecule has 0 radical (unpaired) electrons. The van der Waals surface area contributed by atoms with E-state index in [-0.39, 0.29) is 36.3 Å². The van der Waals surface area contributed by atoms with Gasteiger partial charge in [0.1, 0.15) is 5.82 Å². The molecule has 0 spiro atoms. The minimum absolute atomic E-state index is 0.0334. The Kier molecular flexibility index (Phi) is 10.3. The van der Waals surface area contributed by atoms with E-state index in [1.165, 1.54) is 29.2 Å². The summed E-state index contributed by atoms with van der Waals surface area (Å²) in [4.78, 5) is 28.9. The predicted octanol–water partition coefficient (Wildman–Crippen LogP) is 2.58. The summed E-state index contributed by atoms with van der Waals surface area (Å²) < 4.78 is 24.1. The molecule has 1 fully saturated rings. The number of carbonyl (C=O) groups excluding carboxylic acids is 2. The second kappa shape index (κ2) is 12.7. The summed E-state index contributed by atoms with van der Waals surface area (Å²) in [5.74, 6) is -0.455. The Morgan fingerprint density at radius 3 is 2.41 bits per heavy atom. The molecule has 2 rings (SSSR count). The lowest BCUT2D eigenvalue weighted by molar-refractivity contribution is -0.139. The van der Waals surface area contributed by atoms with Crippen LogP contribution in [0.3, 0.4) is 0 Å². The molecule has 0 unspecified atom stereocenters. The van der Waals surface area contributed by atoms with Crippen LogP contribution in [-0.2, 0) is 14.3 Å². The first kappa shape index (κ1) is 26.0. The first-order valence-electron chi connectivity index (χ1n) is 11.1. The Hall–Kier alpha value is -2.23. The number of hydrogen-bond donors (Lipinski definition) is 2. The van der Waals surface area contributed by atoms with Crippen molar-refractivity contribution >= 4 is 17.6 Å². The molecule has 0 aromatic heterocycles. The van der Waals surface area contributed by atoms with Gasteiger partial charge in [0.2, 0.25) is 5.91 Å². The Morgan fingerprint density at radius 2 is 1.84 bits per heavy atom. The molecule has 0 aliphatic carbocycles. The number of nitrogens with one attached hydrogen (secondary N) is 1. The van der Waals surface area contributed by atoms with E-state index in [4.69, 9.17) is 9.47 Å². The van der Waals surface area contributed by atoms with Gasteiger partial charge in [-0.15, -0.1) is 0 Å². The number of ether oxygens (including phenoxy) is 2. The lowest BCUT2D eigenvalue weighted by Gasteiger charge is -2.35. The fourth-order valence-corrected chi connectivity index (χ4v) is 3.82. The van der Waals surface area contributed by atoms with Gasteiger partial charge < -0.3 is 29.7 Å². The van der Waals surface area contributed by atoms with Crippen LogP contribution in [0.1, 0.15) is 26.7 Å². The molecule has 1 aromatic carbocycles. The van der Waals surface area contributed by atoms with Crippen LogP contribution in [0.5, 0.6) is 0 Å². The van der Waals surface area contributed by atoms with Gasteiger partial charge in [-0.05, 0) is 44.0 Å². The van der Waals surface area contributed by atoms with Crippen LogP contribution in [0.4, 0.5) is 14.9 Å². The maximum atomic E-state index is 13.1. The zero-order chi connectivity index (χ0) is 23.7. The number of hydrogen-bond acceptors (Lipinski definition) is 5. The fraction of sp³-hybridized carbons (Fsp3) is 0.652. The Bertz CT molecular complexity index is 727. The van der Waals surface area contributed by atoms with E-state index in [1.807, 2.05) is 6.92 Å². The summed E-state index contributed by atoms with van der Waals surface area (Å²) in [5, 5.41) is 12.4. The molecule has 0 saturated carbocycles. The van der Waals surface area contributed by atoms with Crippen molar-refractivity contribution < 1.29 is 28.6 Å². The van der Waals surface area contributed by atoms with Gasteiger partial charge in [-0.3, -0.25) is 4.79 Å². The average molecular weight is 454 g/mol. The molecule has 32 heavy (non-hydrogen) atoms. The second-order valence-corrected chi connectivity index (χ2v) is 8.48. The summed E-state index contributed by atoms with van der Waals surface area (Å²) in [6.45, 7) is 5.41. The molecule has 180 valence electrons.